The summed E-state index contributed by atoms with van der Waals surface area (Å²) in [5, 5.41) is 16.0. The summed E-state index contributed by atoms with van der Waals surface area (Å²) in [5.41, 5.74) is 1.37. The molecule has 0 fully saturated rings. The molecule has 1 N–H and O–H groups in total. The molecule has 7 nitrogen and oxygen atoms in total. The van der Waals surface area contributed by atoms with E-state index in [0.717, 1.165) is 33.7 Å². The predicted molar refractivity (Wildman–Crippen MR) is 117 cm³/mol. The standard InChI is InChI=1S/C22H17F3N6OS/c1-13-16-9-17(33-21(16)31(29-13)11-14-5-3-2-4-6-14)20(32)26-10-19-28-27-18-8-7-15(12-30(18)19)22(23,24)25/h2-9,12H,10-11H2,1H3,(H,26,32). The maximum absolute atomic E-state index is 13.0. The van der Waals surface area contributed by atoms with E-state index in [2.05, 4.69) is 20.6 Å². The molecule has 1 amide bonds. The molecular formula is C22H17F3N6OS. The maximum atomic E-state index is 13.0. The highest BCUT2D eigenvalue weighted by atomic mass is 32.1. The number of nitrogens with one attached hydrogen (secondary N) is 1. The van der Waals surface area contributed by atoms with Gasteiger partial charge in [0.1, 0.15) is 4.83 Å². The number of pyridine rings is 1. The minimum atomic E-state index is -4.48. The third-order valence-electron chi connectivity index (χ3n) is 5.21. The molecule has 4 aromatic heterocycles. The molecule has 11 heteroatoms. The van der Waals surface area contributed by atoms with Gasteiger partial charge in [0.2, 0.25) is 0 Å². The number of carbonyl (C=O) groups is 1. The third kappa shape index (κ3) is 4.07. The van der Waals surface area contributed by atoms with Crippen molar-refractivity contribution in [3.8, 4) is 0 Å². The first kappa shape index (κ1) is 21.1. The molecule has 0 aliphatic heterocycles. The lowest BCUT2D eigenvalue weighted by Gasteiger charge is -2.08. The number of halogens is 3. The van der Waals surface area contributed by atoms with E-state index in [4.69, 9.17) is 0 Å². The van der Waals surface area contributed by atoms with Gasteiger partial charge >= 0.3 is 6.18 Å². The van der Waals surface area contributed by atoms with Gasteiger partial charge in [0, 0.05) is 11.6 Å². The summed E-state index contributed by atoms with van der Waals surface area (Å²) in [6, 6.07) is 13.9. The molecule has 0 saturated heterocycles. The lowest BCUT2D eigenvalue weighted by atomic mass is 10.2. The number of hydrogen-bond acceptors (Lipinski definition) is 5. The quantitative estimate of drug-likeness (QED) is 0.412. The summed E-state index contributed by atoms with van der Waals surface area (Å²) in [6.45, 7) is 2.41. The van der Waals surface area contributed by atoms with Gasteiger partial charge in [-0.2, -0.15) is 18.3 Å². The Morgan fingerprint density at radius 3 is 2.67 bits per heavy atom. The number of benzene rings is 1. The number of alkyl halides is 3. The van der Waals surface area contributed by atoms with E-state index in [9.17, 15) is 18.0 Å². The number of amides is 1. The highest BCUT2D eigenvalue weighted by molar-refractivity contribution is 7.20. The van der Waals surface area contributed by atoms with Gasteiger partial charge in [-0.1, -0.05) is 30.3 Å². The number of thiophene rings is 1. The fraction of sp³-hybridized carbons (Fsp3) is 0.182. The van der Waals surface area contributed by atoms with Gasteiger partial charge in [-0.3, -0.25) is 13.9 Å². The van der Waals surface area contributed by atoms with Crippen LogP contribution in [0.3, 0.4) is 0 Å². The molecule has 0 aliphatic carbocycles. The van der Waals surface area contributed by atoms with Crippen molar-refractivity contribution in [1.82, 2.24) is 29.7 Å². The zero-order valence-corrected chi connectivity index (χ0v) is 18.1. The lowest BCUT2D eigenvalue weighted by molar-refractivity contribution is -0.137. The van der Waals surface area contributed by atoms with Crippen LogP contribution in [0.2, 0.25) is 0 Å². The van der Waals surface area contributed by atoms with Crippen LogP contribution in [-0.2, 0) is 19.3 Å². The average Bonchev–Trinajstić information content (AvgIpc) is 3.48. The summed E-state index contributed by atoms with van der Waals surface area (Å²) in [6.07, 6.45) is -3.56. The maximum Gasteiger partial charge on any atom is 0.417 e. The van der Waals surface area contributed by atoms with Crippen LogP contribution < -0.4 is 5.32 Å². The molecule has 33 heavy (non-hydrogen) atoms. The van der Waals surface area contributed by atoms with E-state index in [1.54, 1.807) is 6.07 Å². The highest BCUT2D eigenvalue weighted by Gasteiger charge is 2.31. The Kier molecular flexibility index (Phi) is 5.12. The van der Waals surface area contributed by atoms with Crippen molar-refractivity contribution in [2.24, 2.45) is 0 Å². The van der Waals surface area contributed by atoms with Crippen LogP contribution in [0.1, 0.15) is 32.3 Å². The number of aryl methyl sites for hydroxylation is 1. The monoisotopic (exact) mass is 470 g/mol. The van der Waals surface area contributed by atoms with Crippen LogP contribution in [0.5, 0.6) is 0 Å². The van der Waals surface area contributed by atoms with Gasteiger partial charge in [0.25, 0.3) is 5.91 Å². The number of nitrogens with zero attached hydrogens (tertiary/aromatic N) is 5. The Morgan fingerprint density at radius 2 is 1.91 bits per heavy atom. The van der Waals surface area contributed by atoms with E-state index in [1.165, 1.54) is 21.8 Å². The number of fused-ring (bicyclic) bond motifs is 2. The van der Waals surface area contributed by atoms with Crippen LogP contribution in [0.25, 0.3) is 15.9 Å². The topological polar surface area (TPSA) is 77.1 Å². The van der Waals surface area contributed by atoms with Crippen molar-refractivity contribution in [2.45, 2.75) is 26.2 Å². The number of aromatic nitrogens is 5. The molecule has 0 unspecified atom stereocenters. The molecule has 4 heterocycles. The number of hydrogen-bond donors (Lipinski definition) is 1. The van der Waals surface area contributed by atoms with E-state index >= 15 is 0 Å². The molecule has 0 saturated carbocycles. The van der Waals surface area contributed by atoms with Crippen molar-refractivity contribution < 1.29 is 18.0 Å². The Labute approximate surface area is 189 Å². The minimum Gasteiger partial charge on any atom is -0.344 e. The predicted octanol–water partition coefficient (Wildman–Crippen LogP) is 4.45. The molecule has 5 aromatic rings. The van der Waals surface area contributed by atoms with Gasteiger partial charge in [0.15, 0.2) is 11.5 Å². The zero-order valence-electron chi connectivity index (χ0n) is 17.3. The van der Waals surface area contributed by atoms with Crippen LogP contribution in [0.4, 0.5) is 13.2 Å². The van der Waals surface area contributed by atoms with Crippen molar-refractivity contribution in [2.75, 3.05) is 0 Å². The normalized spacial score (nSPS) is 12.0. The van der Waals surface area contributed by atoms with Crippen LogP contribution in [0, 0.1) is 6.92 Å². The summed E-state index contributed by atoms with van der Waals surface area (Å²) in [7, 11) is 0. The Bertz CT molecular complexity index is 1470. The average molecular weight is 470 g/mol. The van der Waals surface area contributed by atoms with Crippen molar-refractivity contribution in [3.05, 3.63) is 82.3 Å². The van der Waals surface area contributed by atoms with Gasteiger partial charge in [-0.25, -0.2) is 0 Å². The number of rotatable bonds is 5. The van der Waals surface area contributed by atoms with E-state index in [1.807, 2.05) is 41.9 Å². The second-order valence-electron chi connectivity index (χ2n) is 7.50. The van der Waals surface area contributed by atoms with Crippen molar-refractivity contribution >= 4 is 33.1 Å². The van der Waals surface area contributed by atoms with Crippen molar-refractivity contribution in [3.63, 3.8) is 0 Å². The first-order valence-electron chi connectivity index (χ1n) is 9.99. The number of carbonyl (C=O) groups excluding carboxylic acids is 1. The summed E-state index contributed by atoms with van der Waals surface area (Å²) in [4.78, 5) is 14.1. The molecule has 0 bridgehead atoms. The third-order valence-corrected chi connectivity index (χ3v) is 6.36. The second kappa shape index (κ2) is 8.00. The lowest BCUT2D eigenvalue weighted by Crippen LogP contribution is -2.23. The van der Waals surface area contributed by atoms with Gasteiger partial charge in [-0.05, 0) is 30.7 Å². The highest BCUT2D eigenvalue weighted by Crippen LogP contribution is 2.30. The largest absolute Gasteiger partial charge is 0.417 e. The Morgan fingerprint density at radius 1 is 1.12 bits per heavy atom. The fourth-order valence-electron chi connectivity index (χ4n) is 3.56. The summed E-state index contributed by atoms with van der Waals surface area (Å²) in [5.74, 6) is -0.136. The van der Waals surface area contributed by atoms with Crippen LogP contribution in [0.15, 0.2) is 54.7 Å². The Balaban J connectivity index is 1.36. The van der Waals surface area contributed by atoms with Crippen molar-refractivity contribution in [1.29, 1.82) is 0 Å². The molecule has 0 atom stereocenters. The molecule has 0 aliphatic rings. The second-order valence-corrected chi connectivity index (χ2v) is 8.53. The van der Waals surface area contributed by atoms with Crippen LogP contribution >= 0.6 is 11.3 Å². The molecular weight excluding hydrogens is 453 g/mol. The first-order valence-corrected chi connectivity index (χ1v) is 10.8. The van der Waals surface area contributed by atoms with E-state index < -0.39 is 11.7 Å². The SMILES string of the molecule is Cc1nn(Cc2ccccc2)c2sc(C(=O)NCc3nnc4ccc(C(F)(F)F)cn34)cc12. The fourth-order valence-corrected chi connectivity index (χ4v) is 4.64. The van der Waals surface area contributed by atoms with Crippen LogP contribution in [-0.4, -0.2) is 30.3 Å². The van der Waals surface area contributed by atoms with Gasteiger partial charge in [-0.15, -0.1) is 21.5 Å². The summed E-state index contributed by atoms with van der Waals surface area (Å²) < 4.78 is 42.2. The van der Waals surface area contributed by atoms with E-state index in [-0.39, 0.29) is 23.9 Å². The molecule has 1 aromatic carbocycles. The summed E-state index contributed by atoms with van der Waals surface area (Å²) >= 11 is 1.32. The van der Waals surface area contributed by atoms with E-state index in [0.29, 0.717) is 11.4 Å². The molecule has 0 radical (unpaired) electrons. The minimum absolute atomic E-state index is 0.0648. The Hall–Kier alpha value is -3.73. The zero-order chi connectivity index (χ0) is 23.2. The first-order chi connectivity index (χ1) is 15.8. The van der Waals surface area contributed by atoms with Gasteiger partial charge in [0.05, 0.1) is 29.2 Å². The molecule has 168 valence electrons. The van der Waals surface area contributed by atoms with Gasteiger partial charge < -0.3 is 5.32 Å². The molecule has 5 rings (SSSR count). The molecule has 0 spiro atoms. The smallest absolute Gasteiger partial charge is 0.344 e.